The maximum absolute atomic E-state index is 12.2. The average molecular weight is 390 g/mol. The third-order valence-electron chi connectivity index (χ3n) is 3.57. The van der Waals surface area contributed by atoms with E-state index in [0.717, 1.165) is 16.7 Å². The smallest absolute Gasteiger partial charge is 0.288 e. The molecule has 2 rings (SSSR count). The van der Waals surface area contributed by atoms with Gasteiger partial charge in [0.2, 0.25) is 5.91 Å². The lowest BCUT2D eigenvalue weighted by atomic mass is 10.2. The summed E-state index contributed by atoms with van der Waals surface area (Å²) < 4.78 is 10.3. The predicted molar refractivity (Wildman–Crippen MR) is 99.4 cm³/mol. The first-order valence-corrected chi connectivity index (χ1v) is 8.83. The molecule has 1 aromatic rings. The number of methoxy groups -OCH3 is 2. The van der Waals surface area contributed by atoms with E-state index >= 15 is 0 Å². The van der Waals surface area contributed by atoms with Crippen molar-refractivity contribution in [2.24, 2.45) is 0 Å². The molecule has 0 atom stereocenters. The topological polar surface area (TPSA) is 121 Å². The van der Waals surface area contributed by atoms with Gasteiger partial charge in [-0.05, 0) is 12.1 Å². The molecular weight excluding hydrogens is 372 g/mol. The molecule has 9 nitrogen and oxygen atoms in total. The molecule has 10 heteroatoms. The fourth-order valence-electron chi connectivity index (χ4n) is 2.21. The fourth-order valence-corrected chi connectivity index (χ4v) is 2.96. The molecule has 27 heavy (non-hydrogen) atoms. The molecule has 1 aliphatic rings. The zero-order chi connectivity index (χ0) is 19.8. The van der Waals surface area contributed by atoms with Gasteiger partial charge < -0.3 is 20.1 Å². The SMILES string of the molecule is COc1ccc(NC(=O)/C(C#N)=C\NCCN2C(=O)CSC2=O)cc1OC. The first kappa shape index (κ1) is 20.1. The van der Waals surface area contributed by atoms with Gasteiger partial charge in [0.1, 0.15) is 11.6 Å². The summed E-state index contributed by atoms with van der Waals surface area (Å²) in [6.07, 6.45) is 1.24. The molecule has 1 aromatic carbocycles. The third-order valence-corrected chi connectivity index (χ3v) is 4.43. The summed E-state index contributed by atoms with van der Waals surface area (Å²) in [5, 5.41) is 14.2. The van der Waals surface area contributed by atoms with Crippen molar-refractivity contribution in [3.63, 3.8) is 0 Å². The van der Waals surface area contributed by atoms with Crippen molar-refractivity contribution in [1.29, 1.82) is 5.26 Å². The van der Waals surface area contributed by atoms with Crippen LogP contribution in [0.2, 0.25) is 0 Å². The molecule has 0 aromatic heterocycles. The molecule has 0 aliphatic carbocycles. The number of nitrogens with zero attached hydrogens (tertiary/aromatic N) is 2. The third kappa shape index (κ3) is 5.15. The Morgan fingerprint density at radius 3 is 2.67 bits per heavy atom. The van der Waals surface area contributed by atoms with Crippen LogP contribution in [0, 0.1) is 11.3 Å². The molecule has 3 amide bonds. The minimum absolute atomic E-state index is 0.145. The molecule has 1 saturated heterocycles. The monoisotopic (exact) mass is 390 g/mol. The van der Waals surface area contributed by atoms with Crippen molar-refractivity contribution in [1.82, 2.24) is 10.2 Å². The maximum Gasteiger partial charge on any atom is 0.288 e. The number of anilines is 1. The van der Waals surface area contributed by atoms with Crippen LogP contribution in [0.15, 0.2) is 30.0 Å². The average Bonchev–Trinajstić information content (AvgIpc) is 2.99. The Hall–Kier alpha value is -3.19. The highest BCUT2D eigenvalue weighted by Gasteiger charge is 2.28. The number of amides is 3. The van der Waals surface area contributed by atoms with Gasteiger partial charge >= 0.3 is 0 Å². The van der Waals surface area contributed by atoms with Crippen LogP contribution in [0.1, 0.15) is 0 Å². The predicted octanol–water partition coefficient (Wildman–Crippen LogP) is 1.33. The van der Waals surface area contributed by atoms with Gasteiger partial charge in [-0.1, -0.05) is 11.8 Å². The summed E-state index contributed by atoms with van der Waals surface area (Å²) in [6, 6.07) is 6.61. The van der Waals surface area contributed by atoms with Gasteiger partial charge in [0.25, 0.3) is 11.1 Å². The number of ether oxygens (including phenoxy) is 2. The molecule has 2 N–H and O–H groups in total. The van der Waals surface area contributed by atoms with Crippen LogP contribution in [-0.4, -0.2) is 55.0 Å². The summed E-state index contributed by atoms with van der Waals surface area (Å²) in [5.74, 6) is 0.237. The van der Waals surface area contributed by atoms with Crippen LogP contribution in [-0.2, 0) is 9.59 Å². The van der Waals surface area contributed by atoms with E-state index in [2.05, 4.69) is 10.6 Å². The molecule has 0 unspecified atom stereocenters. The quantitative estimate of drug-likeness (QED) is 0.387. The van der Waals surface area contributed by atoms with Crippen LogP contribution in [0.3, 0.4) is 0 Å². The number of hydrogen-bond acceptors (Lipinski definition) is 8. The van der Waals surface area contributed by atoms with E-state index in [-0.39, 0.29) is 35.6 Å². The highest BCUT2D eigenvalue weighted by Crippen LogP contribution is 2.29. The van der Waals surface area contributed by atoms with Crippen molar-refractivity contribution in [3.8, 4) is 17.6 Å². The van der Waals surface area contributed by atoms with Crippen LogP contribution >= 0.6 is 11.8 Å². The Morgan fingerprint density at radius 1 is 1.33 bits per heavy atom. The van der Waals surface area contributed by atoms with Crippen molar-refractivity contribution in [2.75, 3.05) is 38.4 Å². The van der Waals surface area contributed by atoms with Crippen molar-refractivity contribution < 1.29 is 23.9 Å². The normalized spacial score (nSPS) is 14.0. The van der Waals surface area contributed by atoms with Crippen LogP contribution in [0.5, 0.6) is 11.5 Å². The Balaban J connectivity index is 1.93. The second-order valence-corrected chi connectivity index (χ2v) is 6.17. The second kappa shape index (κ2) is 9.49. The highest BCUT2D eigenvalue weighted by molar-refractivity contribution is 8.14. The Morgan fingerprint density at radius 2 is 2.07 bits per heavy atom. The number of nitriles is 1. The Kier molecular flexibility index (Phi) is 7.08. The van der Waals surface area contributed by atoms with Crippen LogP contribution in [0.25, 0.3) is 0 Å². The van der Waals surface area contributed by atoms with E-state index in [1.807, 2.05) is 0 Å². The van der Waals surface area contributed by atoms with Crippen molar-refractivity contribution in [3.05, 3.63) is 30.0 Å². The van der Waals surface area contributed by atoms with Gasteiger partial charge in [-0.3, -0.25) is 19.3 Å². The summed E-state index contributed by atoms with van der Waals surface area (Å²) in [5.41, 5.74) is 0.280. The largest absolute Gasteiger partial charge is 0.493 e. The lowest BCUT2D eigenvalue weighted by molar-refractivity contribution is -0.124. The molecule has 1 fully saturated rings. The maximum atomic E-state index is 12.2. The molecule has 0 radical (unpaired) electrons. The molecule has 1 aliphatic heterocycles. The number of nitrogens with one attached hydrogen (secondary N) is 2. The molecule has 0 saturated carbocycles. The standard InChI is InChI=1S/C17H18N4O5S/c1-25-13-4-3-12(7-14(13)26-2)20-16(23)11(8-18)9-19-5-6-21-15(22)10-27-17(21)24/h3-4,7,9,19H,5-6,10H2,1-2H3,(H,20,23)/b11-9-. The first-order chi connectivity index (χ1) is 13.0. The van der Waals surface area contributed by atoms with E-state index in [0.29, 0.717) is 17.2 Å². The van der Waals surface area contributed by atoms with E-state index < -0.39 is 5.91 Å². The lowest BCUT2D eigenvalue weighted by Gasteiger charge is -2.12. The summed E-state index contributed by atoms with van der Waals surface area (Å²) in [7, 11) is 2.97. The van der Waals surface area contributed by atoms with Gasteiger partial charge in [-0.15, -0.1) is 0 Å². The number of thioether (sulfide) groups is 1. The molecule has 0 bridgehead atoms. The van der Waals surface area contributed by atoms with E-state index in [9.17, 15) is 14.4 Å². The zero-order valence-electron chi connectivity index (χ0n) is 14.8. The van der Waals surface area contributed by atoms with E-state index in [4.69, 9.17) is 14.7 Å². The number of carbonyl (C=O) groups excluding carboxylic acids is 3. The lowest BCUT2D eigenvalue weighted by Crippen LogP contribution is -2.34. The molecule has 0 spiro atoms. The fraction of sp³-hybridized carbons (Fsp3) is 0.294. The van der Waals surface area contributed by atoms with Gasteiger partial charge in [-0.2, -0.15) is 5.26 Å². The first-order valence-electron chi connectivity index (χ1n) is 7.84. The Labute approximate surface area is 160 Å². The van der Waals surface area contributed by atoms with Gasteiger partial charge in [0.05, 0.1) is 20.0 Å². The summed E-state index contributed by atoms with van der Waals surface area (Å²) >= 11 is 0.953. The van der Waals surface area contributed by atoms with E-state index in [1.165, 1.54) is 20.4 Å². The van der Waals surface area contributed by atoms with Gasteiger partial charge in [-0.25, -0.2) is 0 Å². The van der Waals surface area contributed by atoms with Crippen molar-refractivity contribution >= 4 is 34.5 Å². The van der Waals surface area contributed by atoms with Crippen LogP contribution in [0.4, 0.5) is 10.5 Å². The second-order valence-electron chi connectivity index (χ2n) is 5.25. The van der Waals surface area contributed by atoms with Crippen LogP contribution < -0.4 is 20.1 Å². The van der Waals surface area contributed by atoms with E-state index in [1.54, 1.807) is 24.3 Å². The minimum atomic E-state index is -0.610. The molecule has 1 heterocycles. The zero-order valence-corrected chi connectivity index (χ0v) is 15.6. The summed E-state index contributed by atoms with van der Waals surface area (Å²) in [4.78, 5) is 36.3. The van der Waals surface area contributed by atoms with Crippen molar-refractivity contribution in [2.45, 2.75) is 0 Å². The van der Waals surface area contributed by atoms with Gasteiger partial charge in [0.15, 0.2) is 11.5 Å². The highest BCUT2D eigenvalue weighted by atomic mass is 32.2. The summed E-state index contributed by atoms with van der Waals surface area (Å²) in [6.45, 7) is 0.393. The Bertz CT molecular complexity index is 802. The number of hydrogen-bond donors (Lipinski definition) is 2. The number of imide groups is 1. The van der Waals surface area contributed by atoms with Gasteiger partial charge in [0, 0.05) is 31.0 Å². The number of rotatable bonds is 8. The number of benzene rings is 1. The molecular formula is C17H18N4O5S. The minimum Gasteiger partial charge on any atom is -0.493 e. The molecule has 142 valence electrons. The number of carbonyl (C=O) groups is 3.